The molecular formula is C22H24N2O6S2. The molecule has 2 aromatic carbocycles. The number of methoxy groups -OCH3 is 1. The molecule has 1 atom stereocenters. The van der Waals surface area contributed by atoms with Crippen LogP contribution in [0.2, 0.25) is 0 Å². The van der Waals surface area contributed by atoms with Crippen LogP contribution in [0.15, 0.2) is 53.6 Å². The smallest absolute Gasteiger partial charge is 0.257 e. The van der Waals surface area contributed by atoms with E-state index in [1.165, 1.54) is 30.6 Å². The van der Waals surface area contributed by atoms with Gasteiger partial charge in [-0.3, -0.25) is 10.1 Å². The second-order valence-electron chi connectivity index (χ2n) is 6.96. The van der Waals surface area contributed by atoms with E-state index in [2.05, 4.69) is 10.3 Å². The van der Waals surface area contributed by atoms with Gasteiger partial charge in [-0.1, -0.05) is 6.92 Å². The van der Waals surface area contributed by atoms with Gasteiger partial charge in [-0.25, -0.2) is 13.4 Å². The molecule has 0 aliphatic rings. The van der Waals surface area contributed by atoms with Crippen LogP contribution >= 0.6 is 11.3 Å². The molecular weight excluding hydrogens is 452 g/mol. The van der Waals surface area contributed by atoms with Gasteiger partial charge in [0.25, 0.3) is 5.91 Å². The normalized spacial score (nSPS) is 12.2. The number of carbonyl (C=O) groups is 1. The lowest BCUT2D eigenvalue weighted by atomic mass is 10.2. The minimum atomic E-state index is -3.31. The molecule has 0 aliphatic heterocycles. The van der Waals surface area contributed by atoms with E-state index in [1.54, 1.807) is 36.5 Å². The summed E-state index contributed by atoms with van der Waals surface area (Å²) >= 11 is 1.37. The average Bonchev–Trinajstić information content (AvgIpc) is 3.16. The van der Waals surface area contributed by atoms with E-state index in [0.717, 1.165) is 11.1 Å². The highest BCUT2D eigenvalue weighted by Gasteiger charge is 2.15. The second-order valence-corrected chi connectivity index (χ2v) is 10.2. The van der Waals surface area contributed by atoms with E-state index in [0.29, 0.717) is 34.4 Å². The van der Waals surface area contributed by atoms with Gasteiger partial charge in [0.1, 0.15) is 17.2 Å². The van der Waals surface area contributed by atoms with Crippen LogP contribution in [0.1, 0.15) is 28.6 Å². The maximum absolute atomic E-state index is 12.8. The molecule has 3 aromatic rings. The number of carbonyl (C=O) groups excluding carboxylic acids is 1. The van der Waals surface area contributed by atoms with Gasteiger partial charge < -0.3 is 14.2 Å². The molecule has 0 fully saturated rings. The number of benzene rings is 2. The molecule has 0 radical (unpaired) electrons. The van der Waals surface area contributed by atoms with E-state index >= 15 is 0 Å². The van der Waals surface area contributed by atoms with Crippen LogP contribution in [0, 0.1) is 6.92 Å². The van der Waals surface area contributed by atoms with Crippen LogP contribution in [0.5, 0.6) is 17.2 Å². The highest BCUT2D eigenvalue weighted by Crippen LogP contribution is 2.30. The first kappa shape index (κ1) is 23.7. The molecule has 1 aromatic heterocycles. The third-order valence-electron chi connectivity index (χ3n) is 4.34. The Balaban J connectivity index is 1.89. The van der Waals surface area contributed by atoms with Crippen molar-refractivity contribution in [3.05, 3.63) is 59.1 Å². The summed E-state index contributed by atoms with van der Waals surface area (Å²) in [5, 5.41) is 3.25. The molecule has 32 heavy (non-hydrogen) atoms. The van der Waals surface area contributed by atoms with Crippen molar-refractivity contribution in [2.24, 2.45) is 0 Å². The lowest BCUT2D eigenvalue weighted by Crippen LogP contribution is -2.18. The number of hydrogen-bond donors (Lipinski definition) is 1. The Morgan fingerprint density at radius 3 is 2.38 bits per heavy atom. The van der Waals surface area contributed by atoms with Crippen LogP contribution in [0.3, 0.4) is 0 Å². The van der Waals surface area contributed by atoms with Crippen molar-refractivity contribution >= 4 is 32.2 Å². The summed E-state index contributed by atoms with van der Waals surface area (Å²) in [4.78, 5) is 18.1. The molecule has 0 bridgehead atoms. The zero-order chi connectivity index (χ0) is 23.3. The highest BCUT2D eigenvalue weighted by molar-refractivity contribution is 7.90. The Hall–Kier alpha value is -2.95. The Kier molecular flexibility index (Phi) is 7.49. The topological polar surface area (TPSA) is 104 Å². The lowest BCUT2D eigenvalue weighted by molar-refractivity contribution is -0.0549. The Morgan fingerprint density at radius 1 is 1.12 bits per heavy atom. The van der Waals surface area contributed by atoms with Gasteiger partial charge in [0.05, 0.1) is 4.90 Å². The third-order valence-corrected chi connectivity index (χ3v) is 6.29. The molecule has 1 amide bonds. The van der Waals surface area contributed by atoms with E-state index in [1.807, 2.05) is 13.8 Å². The molecule has 170 valence electrons. The Labute approximate surface area is 191 Å². The third kappa shape index (κ3) is 6.28. The van der Waals surface area contributed by atoms with Crippen LogP contribution in [0.4, 0.5) is 5.13 Å². The predicted molar refractivity (Wildman–Crippen MR) is 123 cm³/mol. The van der Waals surface area contributed by atoms with Crippen LogP contribution in [0.25, 0.3) is 0 Å². The number of anilines is 1. The number of thiazole rings is 1. The van der Waals surface area contributed by atoms with Crippen molar-refractivity contribution in [1.29, 1.82) is 0 Å². The monoisotopic (exact) mass is 476 g/mol. The number of aryl methyl sites for hydroxylation is 1. The summed E-state index contributed by atoms with van der Waals surface area (Å²) in [7, 11) is -1.77. The lowest BCUT2D eigenvalue weighted by Gasteiger charge is -2.17. The summed E-state index contributed by atoms with van der Waals surface area (Å²) in [5.41, 5.74) is 0.309. The van der Waals surface area contributed by atoms with E-state index < -0.39 is 16.1 Å². The van der Waals surface area contributed by atoms with Crippen molar-refractivity contribution in [3.63, 3.8) is 0 Å². The summed E-state index contributed by atoms with van der Waals surface area (Å²) in [6.07, 6.45) is 2.93. The number of nitrogens with zero attached hydrogens (tertiary/aromatic N) is 1. The zero-order valence-electron chi connectivity index (χ0n) is 18.1. The summed E-state index contributed by atoms with van der Waals surface area (Å²) in [5.74, 6) is 0.785. The molecule has 0 saturated heterocycles. The molecule has 0 saturated carbocycles. The number of amides is 1. The van der Waals surface area contributed by atoms with Crippen molar-refractivity contribution in [3.8, 4) is 17.2 Å². The number of rotatable bonds is 9. The maximum atomic E-state index is 12.8. The van der Waals surface area contributed by atoms with Gasteiger partial charge >= 0.3 is 0 Å². The SMILES string of the molecule is CCC(OC)Oc1cc(Oc2ccc(S(C)(=O)=O)cc2)cc(C(=O)Nc2ncc(C)s2)c1. The minimum Gasteiger partial charge on any atom is -0.465 e. The maximum Gasteiger partial charge on any atom is 0.257 e. The van der Waals surface area contributed by atoms with E-state index in [4.69, 9.17) is 14.2 Å². The highest BCUT2D eigenvalue weighted by atomic mass is 32.2. The number of aromatic nitrogens is 1. The van der Waals surface area contributed by atoms with Crippen molar-refractivity contribution in [2.45, 2.75) is 31.5 Å². The van der Waals surface area contributed by atoms with Crippen LogP contribution < -0.4 is 14.8 Å². The van der Waals surface area contributed by atoms with Gasteiger partial charge in [0, 0.05) is 42.5 Å². The number of sulfone groups is 1. The first-order valence-corrected chi connectivity index (χ1v) is 12.4. The molecule has 8 nitrogen and oxygen atoms in total. The fourth-order valence-corrected chi connectivity index (χ4v) is 4.04. The minimum absolute atomic E-state index is 0.187. The van der Waals surface area contributed by atoms with Gasteiger partial charge in [0.15, 0.2) is 21.3 Å². The van der Waals surface area contributed by atoms with Crippen molar-refractivity contribution < 1.29 is 27.4 Å². The Bertz CT molecular complexity index is 1190. The number of ether oxygens (including phenoxy) is 3. The predicted octanol–water partition coefficient (Wildman–Crippen LogP) is 4.66. The summed E-state index contributed by atoms with van der Waals surface area (Å²) < 4.78 is 40.3. The van der Waals surface area contributed by atoms with Gasteiger partial charge in [-0.05, 0) is 43.3 Å². The molecule has 0 spiro atoms. The van der Waals surface area contributed by atoms with Gasteiger partial charge in [-0.2, -0.15) is 0 Å². The van der Waals surface area contributed by atoms with Crippen LogP contribution in [-0.4, -0.2) is 39.0 Å². The molecule has 1 heterocycles. The van der Waals surface area contributed by atoms with E-state index in [9.17, 15) is 13.2 Å². The summed E-state index contributed by atoms with van der Waals surface area (Å²) in [6, 6.07) is 10.8. The van der Waals surface area contributed by atoms with Gasteiger partial charge in [0.2, 0.25) is 0 Å². The molecule has 1 N–H and O–H groups in total. The van der Waals surface area contributed by atoms with Gasteiger partial charge in [-0.15, -0.1) is 11.3 Å². The molecule has 0 aliphatic carbocycles. The largest absolute Gasteiger partial charge is 0.465 e. The summed E-state index contributed by atoms with van der Waals surface area (Å²) in [6.45, 7) is 3.81. The molecule has 1 unspecified atom stereocenters. The quantitative estimate of drug-likeness (QED) is 0.448. The number of nitrogens with one attached hydrogen (secondary N) is 1. The van der Waals surface area contributed by atoms with Crippen molar-refractivity contribution in [2.75, 3.05) is 18.7 Å². The second kappa shape index (κ2) is 10.1. The fourth-order valence-electron chi connectivity index (χ4n) is 2.75. The Morgan fingerprint density at radius 2 is 1.81 bits per heavy atom. The first-order chi connectivity index (χ1) is 15.2. The van der Waals surface area contributed by atoms with E-state index in [-0.39, 0.29) is 10.8 Å². The average molecular weight is 477 g/mol. The first-order valence-electron chi connectivity index (χ1n) is 9.74. The molecule has 3 rings (SSSR count). The molecule has 10 heteroatoms. The van der Waals surface area contributed by atoms with Crippen molar-refractivity contribution in [1.82, 2.24) is 4.98 Å². The van der Waals surface area contributed by atoms with Crippen LogP contribution in [-0.2, 0) is 14.6 Å². The fraction of sp³-hybridized carbons (Fsp3) is 0.273. The number of hydrogen-bond acceptors (Lipinski definition) is 8. The zero-order valence-corrected chi connectivity index (χ0v) is 19.7. The standard InChI is InChI=1S/C22H24N2O6S2/c1-5-20(28-3)30-18-11-15(21(25)24-22-23-13-14(2)31-22)10-17(12-18)29-16-6-8-19(9-7-16)32(4,26)27/h6-13,20H,5H2,1-4H3,(H,23,24,25).